The van der Waals surface area contributed by atoms with Crippen molar-refractivity contribution < 1.29 is 42.8 Å². The predicted octanol–water partition coefficient (Wildman–Crippen LogP) is 1.38. The van der Waals surface area contributed by atoms with E-state index in [1.165, 1.54) is 0 Å². The summed E-state index contributed by atoms with van der Waals surface area (Å²) in [7, 11) is 4.39. The highest BCUT2D eigenvalue weighted by Gasteiger charge is 2.42. The molecule has 2 aliphatic rings. The minimum atomic E-state index is -0.367. The molecule has 1 unspecified atom stereocenters. The van der Waals surface area contributed by atoms with Gasteiger partial charge < -0.3 is 38.1 Å². The van der Waals surface area contributed by atoms with E-state index in [1.807, 2.05) is 49.4 Å². The van der Waals surface area contributed by atoms with Crippen LogP contribution in [0.2, 0.25) is 5.02 Å². The standard InChI is InChI=1S/C26H30ClN2O3.HI/c1-18-25(26(31)32-17-19-7-5-4-6-8-19)23(21-9-11-22(27)12-10-21)13-24(30)28(18)14-20-15-29(2,3)16-20;/h4-12,20,23H,13-17H2,1-3H3;1H/q+1;/p-1. The van der Waals surface area contributed by atoms with Crippen LogP contribution in [-0.2, 0) is 20.9 Å². The van der Waals surface area contributed by atoms with E-state index in [0.717, 1.165) is 28.7 Å². The molecule has 1 fully saturated rings. The molecular formula is C26H30ClIN2O3. The highest BCUT2D eigenvalue weighted by molar-refractivity contribution is 6.30. The molecule has 0 saturated carbocycles. The second kappa shape index (κ2) is 10.6. The first kappa shape index (κ1) is 25.7. The first-order chi connectivity index (χ1) is 15.2. The van der Waals surface area contributed by atoms with Crippen molar-refractivity contribution in [1.29, 1.82) is 0 Å². The number of benzene rings is 2. The molecule has 176 valence electrons. The van der Waals surface area contributed by atoms with Gasteiger partial charge in [0.1, 0.15) is 6.61 Å². The fourth-order valence-corrected chi connectivity index (χ4v) is 5.12. The smallest absolute Gasteiger partial charge is 0.336 e. The molecule has 5 nitrogen and oxygen atoms in total. The number of carbonyl (C=O) groups is 2. The highest BCUT2D eigenvalue weighted by Crippen LogP contribution is 2.38. The number of hydrogen-bond donors (Lipinski definition) is 0. The maximum atomic E-state index is 13.3. The monoisotopic (exact) mass is 580 g/mol. The highest BCUT2D eigenvalue weighted by atomic mass is 127. The average Bonchev–Trinajstić information content (AvgIpc) is 2.74. The van der Waals surface area contributed by atoms with Gasteiger partial charge >= 0.3 is 5.97 Å². The molecule has 2 aromatic rings. The number of halogens is 2. The molecule has 4 rings (SSSR count). The van der Waals surface area contributed by atoms with Gasteiger partial charge in [0.05, 0.1) is 38.7 Å². The Morgan fingerprint density at radius 3 is 2.33 bits per heavy atom. The first-order valence-corrected chi connectivity index (χ1v) is 11.4. The van der Waals surface area contributed by atoms with Gasteiger partial charge in [0, 0.05) is 29.6 Å². The lowest BCUT2D eigenvalue weighted by molar-refractivity contribution is -0.938. The number of rotatable bonds is 6. The van der Waals surface area contributed by atoms with Gasteiger partial charge in [-0.1, -0.05) is 54.1 Å². The van der Waals surface area contributed by atoms with Gasteiger partial charge in [0.2, 0.25) is 5.91 Å². The summed E-state index contributed by atoms with van der Waals surface area (Å²) in [6, 6.07) is 17.0. The number of amides is 1. The molecule has 7 heteroatoms. The Balaban J connectivity index is 0.00000306. The molecule has 1 amide bonds. The number of quaternary nitrogens is 1. The Kier molecular flexibility index (Phi) is 8.24. The molecule has 33 heavy (non-hydrogen) atoms. The van der Waals surface area contributed by atoms with Crippen LogP contribution in [0.3, 0.4) is 0 Å². The summed E-state index contributed by atoms with van der Waals surface area (Å²) in [6.45, 7) is 4.79. The Morgan fingerprint density at radius 2 is 1.73 bits per heavy atom. The van der Waals surface area contributed by atoms with E-state index < -0.39 is 0 Å². The molecule has 1 atom stereocenters. The second-order valence-electron chi connectivity index (χ2n) is 9.54. The molecule has 1 saturated heterocycles. The van der Waals surface area contributed by atoms with E-state index in [0.29, 0.717) is 28.8 Å². The summed E-state index contributed by atoms with van der Waals surface area (Å²) < 4.78 is 6.68. The van der Waals surface area contributed by atoms with E-state index >= 15 is 0 Å². The largest absolute Gasteiger partial charge is 1.00 e. The maximum absolute atomic E-state index is 13.3. The number of hydrogen-bond acceptors (Lipinski definition) is 3. The van der Waals surface area contributed by atoms with Crippen LogP contribution in [0.25, 0.3) is 0 Å². The molecule has 0 radical (unpaired) electrons. The van der Waals surface area contributed by atoms with E-state index in [9.17, 15) is 9.59 Å². The number of carbonyl (C=O) groups excluding carboxylic acids is 2. The number of likely N-dealkylation sites (tertiary alicyclic amines) is 1. The summed E-state index contributed by atoms with van der Waals surface area (Å²) in [4.78, 5) is 28.3. The van der Waals surface area contributed by atoms with Crippen LogP contribution in [-0.4, -0.2) is 55.0 Å². The summed E-state index contributed by atoms with van der Waals surface area (Å²) in [5.74, 6) is -0.210. The van der Waals surface area contributed by atoms with Crippen LogP contribution in [0.1, 0.15) is 30.4 Å². The molecule has 0 spiro atoms. The van der Waals surface area contributed by atoms with Crippen molar-refractivity contribution in [3.05, 3.63) is 82.0 Å². The van der Waals surface area contributed by atoms with Crippen LogP contribution in [0.15, 0.2) is 65.9 Å². The van der Waals surface area contributed by atoms with Gasteiger partial charge in [-0.05, 0) is 30.2 Å². The summed E-state index contributed by atoms with van der Waals surface area (Å²) in [5.41, 5.74) is 3.10. The van der Waals surface area contributed by atoms with Gasteiger partial charge in [0.15, 0.2) is 0 Å². The van der Waals surface area contributed by atoms with Gasteiger partial charge in [-0.15, -0.1) is 0 Å². The van der Waals surface area contributed by atoms with Gasteiger partial charge in [0.25, 0.3) is 0 Å². The van der Waals surface area contributed by atoms with E-state index in [1.54, 1.807) is 17.0 Å². The van der Waals surface area contributed by atoms with E-state index in [4.69, 9.17) is 16.3 Å². The van der Waals surface area contributed by atoms with Gasteiger partial charge in [-0.25, -0.2) is 4.79 Å². The van der Waals surface area contributed by atoms with Crippen molar-refractivity contribution in [2.24, 2.45) is 5.92 Å². The van der Waals surface area contributed by atoms with Crippen molar-refractivity contribution in [3.63, 3.8) is 0 Å². The van der Waals surface area contributed by atoms with Crippen molar-refractivity contribution >= 4 is 23.5 Å². The van der Waals surface area contributed by atoms with E-state index in [2.05, 4.69) is 14.1 Å². The first-order valence-electron chi connectivity index (χ1n) is 11.0. The third-order valence-corrected chi connectivity index (χ3v) is 6.73. The summed E-state index contributed by atoms with van der Waals surface area (Å²) in [5, 5.41) is 0.622. The van der Waals surface area contributed by atoms with E-state index in [-0.39, 0.29) is 54.8 Å². The lowest BCUT2D eigenvalue weighted by Gasteiger charge is -2.47. The van der Waals surface area contributed by atoms with Crippen LogP contribution in [0, 0.1) is 5.92 Å². The zero-order valence-electron chi connectivity index (χ0n) is 19.3. The van der Waals surface area contributed by atoms with Gasteiger partial charge in [-0.2, -0.15) is 0 Å². The number of ether oxygens (including phenoxy) is 1. The van der Waals surface area contributed by atoms with Crippen LogP contribution < -0.4 is 24.0 Å². The van der Waals surface area contributed by atoms with Crippen molar-refractivity contribution in [1.82, 2.24) is 4.90 Å². The van der Waals surface area contributed by atoms with Crippen LogP contribution >= 0.6 is 11.6 Å². The van der Waals surface area contributed by atoms with Gasteiger partial charge in [-0.3, -0.25) is 4.79 Å². The molecule has 0 bridgehead atoms. The SMILES string of the molecule is CC1=C(C(=O)OCc2ccccc2)C(c2ccc(Cl)cc2)CC(=O)N1CC1C[N+](C)(C)C1.[I-]. The molecule has 2 aromatic carbocycles. The number of esters is 1. The lowest BCUT2D eigenvalue weighted by Crippen LogP contribution is -3.00. The van der Waals surface area contributed by atoms with Crippen LogP contribution in [0.5, 0.6) is 0 Å². The Morgan fingerprint density at radius 1 is 1.09 bits per heavy atom. The zero-order chi connectivity index (χ0) is 22.9. The zero-order valence-corrected chi connectivity index (χ0v) is 22.2. The maximum Gasteiger partial charge on any atom is 0.336 e. The minimum Gasteiger partial charge on any atom is -1.00 e. The minimum absolute atomic E-state index is 0. The topological polar surface area (TPSA) is 46.6 Å². The summed E-state index contributed by atoms with van der Waals surface area (Å²) >= 11 is 6.07. The van der Waals surface area contributed by atoms with Crippen molar-refractivity contribution in [2.75, 3.05) is 33.7 Å². The average molecular weight is 581 g/mol. The molecule has 0 N–H and O–H groups in total. The molecule has 0 aromatic heterocycles. The molecule has 2 heterocycles. The molecule has 2 aliphatic heterocycles. The summed E-state index contributed by atoms with van der Waals surface area (Å²) in [6.07, 6.45) is 0.250. The Bertz CT molecular complexity index is 1030. The predicted molar refractivity (Wildman–Crippen MR) is 125 cm³/mol. The fourth-order valence-electron chi connectivity index (χ4n) is 5.00. The van der Waals surface area contributed by atoms with Crippen molar-refractivity contribution in [3.8, 4) is 0 Å². The number of nitrogens with zero attached hydrogens (tertiary/aromatic N) is 2. The quantitative estimate of drug-likeness (QED) is 0.295. The molecular weight excluding hydrogens is 551 g/mol. The Labute approximate surface area is 218 Å². The molecule has 0 aliphatic carbocycles. The second-order valence-corrected chi connectivity index (χ2v) is 9.98. The normalized spacial score (nSPS) is 20.2. The third kappa shape index (κ3) is 5.97. The lowest BCUT2D eigenvalue weighted by atomic mass is 9.83. The fraction of sp³-hybridized carbons (Fsp3) is 0.385. The van der Waals surface area contributed by atoms with Crippen LogP contribution in [0.4, 0.5) is 0 Å². The number of allylic oxidation sites excluding steroid dienone is 1. The van der Waals surface area contributed by atoms with Crippen molar-refractivity contribution in [2.45, 2.75) is 25.9 Å². The third-order valence-electron chi connectivity index (χ3n) is 6.47. The Hall–Kier alpha value is -1.90.